The Morgan fingerprint density at radius 3 is 2.52 bits per heavy atom. The standard InChI is InChI=1S/C23H20ClN3O4/c1-30-21-10-6-5-9-19(21)26-22(28)15-31-20-12-11-18(24)13-17(20)14-25-27-23(29)16-7-3-2-4-8-16/h2-14H,15H2,1H3,(H,26,28)(H,27,29)/b25-14+. The quantitative estimate of drug-likeness (QED) is 0.409. The van der Waals surface area contributed by atoms with Crippen LogP contribution in [0.3, 0.4) is 0 Å². The Hall–Kier alpha value is -3.84. The predicted octanol–water partition coefficient (Wildman–Crippen LogP) is 4.13. The van der Waals surface area contributed by atoms with Crippen LogP contribution in [-0.2, 0) is 4.79 Å². The van der Waals surface area contributed by atoms with Crippen molar-refractivity contribution in [3.8, 4) is 11.5 Å². The van der Waals surface area contributed by atoms with Gasteiger partial charge in [0.15, 0.2) is 6.61 Å². The fraction of sp³-hybridized carbons (Fsp3) is 0.0870. The number of carbonyl (C=O) groups excluding carboxylic acids is 2. The molecule has 2 amide bonds. The summed E-state index contributed by atoms with van der Waals surface area (Å²) in [5.41, 5.74) is 3.97. The Labute approximate surface area is 184 Å². The Bertz CT molecular complexity index is 1090. The summed E-state index contributed by atoms with van der Waals surface area (Å²) in [5.74, 6) is 0.221. The molecule has 0 saturated carbocycles. The van der Waals surface area contributed by atoms with Gasteiger partial charge in [-0.15, -0.1) is 0 Å². The van der Waals surface area contributed by atoms with E-state index in [0.717, 1.165) is 0 Å². The number of hydrogen-bond acceptors (Lipinski definition) is 5. The molecule has 3 aromatic rings. The molecule has 8 heteroatoms. The first kappa shape index (κ1) is 21.9. The van der Waals surface area contributed by atoms with Crippen molar-refractivity contribution in [2.45, 2.75) is 0 Å². The van der Waals surface area contributed by atoms with Crippen molar-refractivity contribution in [3.05, 3.63) is 88.9 Å². The number of nitrogens with one attached hydrogen (secondary N) is 2. The number of methoxy groups -OCH3 is 1. The van der Waals surface area contributed by atoms with Crippen LogP contribution in [0.2, 0.25) is 5.02 Å². The first-order valence-corrected chi connectivity index (χ1v) is 9.68. The number of rotatable bonds is 8. The van der Waals surface area contributed by atoms with Gasteiger partial charge < -0.3 is 14.8 Å². The molecule has 0 atom stereocenters. The molecule has 31 heavy (non-hydrogen) atoms. The number of anilines is 1. The molecular weight excluding hydrogens is 418 g/mol. The number of carbonyl (C=O) groups is 2. The van der Waals surface area contributed by atoms with Crippen molar-refractivity contribution in [1.82, 2.24) is 5.43 Å². The first-order chi connectivity index (χ1) is 15.1. The van der Waals surface area contributed by atoms with Crippen LogP contribution in [0.15, 0.2) is 77.9 Å². The summed E-state index contributed by atoms with van der Waals surface area (Å²) in [5, 5.41) is 7.15. The highest BCUT2D eigenvalue weighted by molar-refractivity contribution is 6.30. The minimum atomic E-state index is -0.361. The highest BCUT2D eigenvalue weighted by atomic mass is 35.5. The SMILES string of the molecule is COc1ccccc1NC(=O)COc1ccc(Cl)cc1/C=N/NC(=O)c1ccccc1. The third-order valence-corrected chi connectivity index (χ3v) is 4.35. The van der Waals surface area contributed by atoms with E-state index in [9.17, 15) is 9.59 Å². The smallest absolute Gasteiger partial charge is 0.271 e. The van der Waals surface area contributed by atoms with Crippen molar-refractivity contribution >= 4 is 35.3 Å². The minimum Gasteiger partial charge on any atom is -0.495 e. The van der Waals surface area contributed by atoms with Gasteiger partial charge in [-0.3, -0.25) is 9.59 Å². The molecule has 0 saturated heterocycles. The normalized spacial score (nSPS) is 10.5. The van der Waals surface area contributed by atoms with Crippen molar-refractivity contribution in [2.75, 3.05) is 19.0 Å². The maximum Gasteiger partial charge on any atom is 0.271 e. The molecule has 0 fully saturated rings. The zero-order valence-electron chi connectivity index (χ0n) is 16.7. The van der Waals surface area contributed by atoms with Crippen LogP contribution in [-0.4, -0.2) is 31.7 Å². The van der Waals surface area contributed by atoms with Crippen LogP contribution in [0.1, 0.15) is 15.9 Å². The van der Waals surface area contributed by atoms with Crippen molar-refractivity contribution < 1.29 is 19.1 Å². The lowest BCUT2D eigenvalue weighted by Gasteiger charge is -2.12. The van der Waals surface area contributed by atoms with E-state index >= 15 is 0 Å². The second kappa shape index (κ2) is 10.8. The summed E-state index contributed by atoms with van der Waals surface area (Å²) < 4.78 is 10.8. The number of benzene rings is 3. The fourth-order valence-corrected chi connectivity index (χ4v) is 2.82. The van der Waals surface area contributed by atoms with E-state index in [0.29, 0.717) is 33.3 Å². The summed E-state index contributed by atoms with van der Waals surface area (Å²) >= 11 is 6.06. The molecule has 2 N–H and O–H groups in total. The second-order valence-corrected chi connectivity index (χ2v) is 6.72. The monoisotopic (exact) mass is 437 g/mol. The van der Waals surface area contributed by atoms with Gasteiger partial charge in [0.25, 0.3) is 11.8 Å². The van der Waals surface area contributed by atoms with E-state index in [-0.39, 0.29) is 18.4 Å². The van der Waals surface area contributed by atoms with E-state index < -0.39 is 0 Å². The highest BCUT2D eigenvalue weighted by Crippen LogP contribution is 2.24. The summed E-state index contributed by atoms with van der Waals surface area (Å²) in [7, 11) is 1.53. The van der Waals surface area contributed by atoms with Crippen molar-refractivity contribution in [1.29, 1.82) is 0 Å². The Balaban J connectivity index is 1.63. The summed E-state index contributed by atoms with van der Waals surface area (Å²) in [4.78, 5) is 24.4. The van der Waals surface area contributed by atoms with E-state index in [4.69, 9.17) is 21.1 Å². The number of nitrogens with zero attached hydrogens (tertiary/aromatic N) is 1. The molecule has 3 rings (SSSR count). The van der Waals surface area contributed by atoms with Gasteiger partial charge in [0.1, 0.15) is 11.5 Å². The molecule has 0 radical (unpaired) electrons. The van der Waals surface area contributed by atoms with Gasteiger partial charge in [0.05, 0.1) is 19.0 Å². The Morgan fingerprint density at radius 2 is 1.74 bits per heavy atom. The van der Waals surface area contributed by atoms with Crippen LogP contribution < -0.4 is 20.2 Å². The molecular formula is C23H20ClN3O4. The molecule has 0 aliphatic carbocycles. The maximum absolute atomic E-state index is 12.3. The lowest BCUT2D eigenvalue weighted by atomic mass is 10.2. The van der Waals surface area contributed by atoms with E-state index in [1.165, 1.54) is 13.3 Å². The summed E-state index contributed by atoms with van der Waals surface area (Å²) in [6.07, 6.45) is 1.40. The van der Waals surface area contributed by atoms with Crippen LogP contribution in [0, 0.1) is 0 Å². The third-order valence-electron chi connectivity index (χ3n) is 4.12. The lowest BCUT2D eigenvalue weighted by molar-refractivity contribution is -0.118. The molecule has 0 aliphatic rings. The van der Waals surface area contributed by atoms with Gasteiger partial charge in [-0.25, -0.2) is 5.43 Å². The fourth-order valence-electron chi connectivity index (χ4n) is 2.64. The number of para-hydroxylation sites is 2. The van der Waals surface area contributed by atoms with Crippen LogP contribution in [0.5, 0.6) is 11.5 Å². The first-order valence-electron chi connectivity index (χ1n) is 9.30. The van der Waals surface area contributed by atoms with Crippen LogP contribution in [0.4, 0.5) is 5.69 Å². The zero-order valence-corrected chi connectivity index (χ0v) is 17.4. The number of hydrazone groups is 1. The molecule has 3 aromatic carbocycles. The molecule has 0 aromatic heterocycles. The second-order valence-electron chi connectivity index (χ2n) is 6.28. The molecule has 7 nitrogen and oxygen atoms in total. The van der Waals surface area contributed by atoms with E-state index in [1.807, 2.05) is 6.07 Å². The van der Waals surface area contributed by atoms with Gasteiger partial charge >= 0.3 is 0 Å². The molecule has 0 unspecified atom stereocenters. The molecule has 0 aliphatic heterocycles. The number of halogens is 1. The Kier molecular flexibility index (Phi) is 7.61. The Morgan fingerprint density at radius 1 is 1.00 bits per heavy atom. The predicted molar refractivity (Wildman–Crippen MR) is 120 cm³/mol. The molecule has 0 heterocycles. The molecule has 158 valence electrons. The zero-order chi connectivity index (χ0) is 22.1. The van der Waals surface area contributed by atoms with Crippen molar-refractivity contribution in [2.24, 2.45) is 5.10 Å². The van der Waals surface area contributed by atoms with E-state index in [2.05, 4.69) is 15.8 Å². The molecule has 0 spiro atoms. The van der Waals surface area contributed by atoms with Gasteiger partial charge in [-0.1, -0.05) is 41.9 Å². The van der Waals surface area contributed by atoms with E-state index in [1.54, 1.807) is 66.7 Å². The maximum atomic E-state index is 12.3. The van der Waals surface area contributed by atoms with Gasteiger partial charge in [0, 0.05) is 16.1 Å². The summed E-state index contributed by atoms with van der Waals surface area (Å²) in [6, 6.07) is 20.6. The average Bonchev–Trinajstić information content (AvgIpc) is 2.79. The third kappa shape index (κ3) is 6.32. The van der Waals surface area contributed by atoms with Gasteiger partial charge in [0.2, 0.25) is 0 Å². The van der Waals surface area contributed by atoms with Crippen LogP contribution >= 0.6 is 11.6 Å². The number of hydrogen-bond donors (Lipinski definition) is 2. The van der Waals surface area contributed by atoms with Gasteiger partial charge in [-0.05, 0) is 42.5 Å². The highest BCUT2D eigenvalue weighted by Gasteiger charge is 2.10. The number of amides is 2. The lowest BCUT2D eigenvalue weighted by Crippen LogP contribution is -2.21. The van der Waals surface area contributed by atoms with Crippen LogP contribution in [0.25, 0.3) is 0 Å². The topological polar surface area (TPSA) is 89.0 Å². The van der Waals surface area contributed by atoms with Crippen molar-refractivity contribution in [3.63, 3.8) is 0 Å². The average molecular weight is 438 g/mol. The molecule has 0 bridgehead atoms. The largest absolute Gasteiger partial charge is 0.495 e. The summed E-state index contributed by atoms with van der Waals surface area (Å²) in [6.45, 7) is -0.239. The van der Waals surface area contributed by atoms with Gasteiger partial charge in [-0.2, -0.15) is 5.10 Å². The number of ether oxygens (including phenoxy) is 2. The minimum absolute atomic E-state index is 0.239.